The van der Waals surface area contributed by atoms with Gasteiger partial charge >= 0.3 is 118 Å². The molecule has 0 saturated carbocycles. The summed E-state index contributed by atoms with van der Waals surface area (Å²) in [7, 11) is -10.9. The molecule has 0 aliphatic carbocycles. The predicted molar refractivity (Wildman–Crippen MR) is 228 cm³/mol. The van der Waals surface area contributed by atoms with Gasteiger partial charge in [-0.05, 0) is 85.5 Å². The summed E-state index contributed by atoms with van der Waals surface area (Å²) >= 11 is 0. The summed E-state index contributed by atoms with van der Waals surface area (Å²) in [6.07, 6.45) is 2.49. The Morgan fingerprint density at radius 1 is 0.455 bits per heavy atom. The average molecular weight is 969 g/mol. The zero-order chi connectivity index (χ0) is 43.1. The third kappa shape index (κ3) is 15.6. The second-order valence-corrected chi connectivity index (χ2v) is 16.8. The molecule has 0 atom stereocenters. The summed E-state index contributed by atoms with van der Waals surface area (Å²) in [6.45, 7) is 4.05. The van der Waals surface area contributed by atoms with Crippen molar-refractivity contribution in [3.05, 3.63) is 108 Å². The summed E-state index contributed by atoms with van der Waals surface area (Å²) in [6, 6.07) is 26.5. The first-order valence-electron chi connectivity index (χ1n) is 19.3. The molecule has 320 valence electrons. The van der Waals surface area contributed by atoms with E-state index in [1.807, 2.05) is 70.5 Å². The smallest absolute Gasteiger partial charge is 0.807 e. The molecule has 2 aromatic heterocycles. The molecule has 26 heteroatoms. The molecule has 0 spiro atoms. The summed E-state index contributed by atoms with van der Waals surface area (Å²) in [5.74, 6) is 1.27. The van der Waals surface area contributed by atoms with Crippen molar-refractivity contribution in [2.45, 2.75) is 0 Å². The molecule has 0 unspecified atom stereocenters. The van der Waals surface area contributed by atoms with Crippen molar-refractivity contribution in [3.8, 4) is 0 Å². The van der Waals surface area contributed by atoms with Crippen molar-refractivity contribution in [3.63, 3.8) is 0 Å². The zero-order valence-electron chi connectivity index (χ0n) is 36.8. The molecule has 2 aliphatic heterocycles. The van der Waals surface area contributed by atoms with Gasteiger partial charge in [-0.3, -0.25) is 0 Å². The quantitative estimate of drug-likeness (QED) is 0.0448. The van der Waals surface area contributed by atoms with Crippen LogP contribution in [0.2, 0.25) is 0 Å². The minimum absolute atomic E-state index is 0. The average Bonchev–Trinajstić information content (AvgIpc) is 3.27. The van der Waals surface area contributed by atoms with Crippen molar-refractivity contribution in [1.82, 2.24) is 29.9 Å². The molecule has 0 bridgehead atoms. The number of benzene rings is 4. The van der Waals surface area contributed by atoms with E-state index in [2.05, 4.69) is 51.2 Å². The molecular formula is C40H38N12Na4O8P2. The number of aromatic nitrogens is 6. The number of nitrogens with one attached hydrogen (secondary N) is 4. The predicted octanol–water partition coefficient (Wildman–Crippen LogP) is -10.0. The largest absolute Gasteiger partial charge is 1.00 e. The van der Waals surface area contributed by atoms with E-state index in [0.717, 1.165) is 23.5 Å². The second kappa shape index (κ2) is 26.0. The fourth-order valence-electron chi connectivity index (χ4n) is 6.50. The Hall–Kier alpha value is -2.34. The maximum atomic E-state index is 12.6. The van der Waals surface area contributed by atoms with E-state index in [9.17, 15) is 28.7 Å². The van der Waals surface area contributed by atoms with Gasteiger partial charge in [0.2, 0.25) is 35.7 Å². The van der Waals surface area contributed by atoms with E-state index in [4.69, 9.17) is 9.47 Å². The molecule has 4 aromatic carbocycles. The van der Waals surface area contributed by atoms with Crippen LogP contribution in [0.4, 0.5) is 58.4 Å². The van der Waals surface area contributed by atoms with E-state index in [-0.39, 0.29) is 165 Å². The minimum Gasteiger partial charge on any atom is -0.807 e. The molecule has 6 aromatic rings. The molecular weight excluding hydrogens is 930 g/mol. The summed E-state index contributed by atoms with van der Waals surface area (Å²) < 4.78 is 36.2. The van der Waals surface area contributed by atoms with Gasteiger partial charge in [-0.25, -0.2) is 0 Å². The first kappa shape index (κ1) is 56.2. The van der Waals surface area contributed by atoms with Gasteiger partial charge in [0, 0.05) is 48.9 Å². The number of ether oxygens (including phenoxy) is 2. The monoisotopic (exact) mass is 968 g/mol. The molecule has 8 rings (SSSR count). The molecule has 0 radical (unpaired) electrons. The van der Waals surface area contributed by atoms with Crippen molar-refractivity contribution >= 4 is 96.4 Å². The van der Waals surface area contributed by atoms with E-state index in [1.165, 1.54) is 36.4 Å². The first-order chi connectivity index (χ1) is 29.9. The van der Waals surface area contributed by atoms with E-state index in [0.29, 0.717) is 64.5 Å². The third-order valence-electron chi connectivity index (χ3n) is 9.50. The molecule has 20 nitrogen and oxygen atoms in total. The van der Waals surface area contributed by atoms with E-state index < -0.39 is 25.8 Å². The number of para-hydroxylation sites is 2. The Balaban J connectivity index is 0.00000238. The first-order valence-corrected chi connectivity index (χ1v) is 22.4. The van der Waals surface area contributed by atoms with Crippen LogP contribution in [0.1, 0.15) is 11.1 Å². The van der Waals surface area contributed by atoms with Gasteiger partial charge in [0.25, 0.3) is 0 Å². The van der Waals surface area contributed by atoms with Gasteiger partial charge in [0.05, 0.1) is 26.4 Å². The standard InChI is InChI=1S/C40H42N12O8P2.4Na/c53-61(54,55)33-25-31(43-37-45-35(41-29-7-3-1-4-8-29)47-39(49-37)51-17-21-59-22-18-51)15-13-27(33)11-12-28-14-16-32(26-34(28)62(56,57)58)44-38-46-36(42-30-9-5-2-6-10-30)48-40(50-38)52-19-23-60-24-20-52;;;;/h1-16,25-26H,17-24H2,(H2,53,54,55)(H2,56,57,58)(H2,41,43,45,47,49)(H2,42,44,46,48,50);;;;/q;4*+1/p-4. The Morgan fingerprint density at radius 2 is 0.773 bits per heavy atom. The molecule has 4 heterocycles. The van der Waals surface area contributed by atoms with Crippen LogP contribution in [0.25, 0.3) is 12.2 Å². The van der Waals surface area contributed by atoms with Crippen LogP contribution in [-0.4, -0.2) is 82.5 Å². The van der Waals surface area contributed by atoms with Crippen LogP contribution in [0.3, 0.4) is 0 Å². The summed E-state index contributed by atoms with van der Waals surface area (Å²) in [4.78, 5) is 81.6. The van der Waals surface area contributed by atoms with E-state index >= 15 is 0 Å². The fraction of sp³-hybridized carbons (Fsp3) is 0.200. The number of rotatable bonds is 14. The number of nitrogens with zero attached hydrogens (tertiary/aromatic N) is 8. The topological polar surface area (TPSA) is 277 Å². The fourth-order valence-corrected chi connectivity index (χ4v) is 8.03. The van der Waals surface area contributed by atoms with Crippen LogP contribution in [0, 0.1) is 0 Å². The SMILES string of the molecule is O=P([O-])([O-])c1cc(Nc2nc(Nc3ccccc3)nc(N3CCOCC3)n2)ccc1C=Cc1ccc(Nc2nc(Nc3ccccc3)nc(N3CCOCC3)n2)cc1P(=O)([O-])[O-].[Na+].[Na+].[Na+].[Na+]. The second-order valence-electron chi connectivity index (χ2n) is 13.9. The summed E-state index contributed by atoms with van der Waals surface area (Å²) in [5.41, 5.74) is 1.68. The zero-order valence-corrected chi connectivity index (χ0v) is 46.6. The number of morpholine rings is 2. The third-order valence-corrected chi connectivity index (χ3v) is 11.5. The molecule has 66 heavy (non-hydrogen) atoms. The van der Waals surface area contributed by atoms with Gasteiger partial charge in [0.1, 0.15) is 0 Å². The van der Waals surface area contributed by atoms with E-state index in [1.54, 1.807) is 0 Å². The Bertz CT molecular complexity index is 2480. The summed E-state index contributed by atoms with van der Waals surface area (Å²) in [5, 5.41) is 11.1. The number of hydrogen-bond donors (Lipinski definition) is 4. The van der Waals surface area contributed by atoms with Crippen molar-refractivity contribution in [2.75, 3.05) is 83.7 Å². The van der Waals surface area contributed by atoms with Crippen LogP contribution >= 0.6 is 15.2 Å². The van der Waals surface area contributed by atoms with Gasteiger partial charge in [-0.1, -0.05) is 60.7 Å². The molecule has 2 fully saturated rings. The normalized spacial score (nSPS) is 13.9. The van der Waals surface area contributed by atoms with Gasteiger partial charge < -0.3 is 69.2 Å². The van der Waals surface area contributed by atoms with Crippen molar-refractivity contribution in [2.24, 2.45) is 0 Å². The van der Waals surface area contributed by atoms with Crippen LogP contribution in [-0.2, 0) is 18.6 Å². The molecule has 2 saturated heterocycles. The Kier molecular flexibility index (Phi) is 22.2. The van der Waals surface area contributed by atoms with Gasteiger partial charge in [-0.15, -0.1) is 0 Å². The maximum absolute atomic E-state index is 12.6. The molecule has 4 N–H and O–H groups in total. The maximum Gasteiger partial charge on any atom is 1.00 e. The van der Waals surface area contributed by atoms with Crippen LogP contribution < -0.4 is 179 Å². The van der Waals surface area contributed by atoms with Gasteiger partial charge in [0.15, 0.2) is 0 Å². The molecule has 2 aliphatic rings. The van der Waals surface area contributed by atoms with Crippen molar-refractivity contribution in [1.29, 1.82) is 0 Å². The Labute approximate surface area is 469 Å². The van der Waals surface area contributed by atoms with Crippen LogP contribution in [0.5, 0.6) is 0 Å². The number of hydrogen-bond acceptors (Lipinski definition) is 20. The number of anilines is 10. The Morgan fingerprint density at radius 3 is 1.09 bits per heavy atom. The molecule has 0 amide bonds. The minimum atomic E-state index is -5.43. The van der Waals surface area contributed by atoms with Crippen molar-refractivity contribution < 1.29 is 156 Å². The van der Waals surface area contributed by atoms with Gasteiger partial charge in [-0.2, -0.15) is 29.9 Å². The van der Waals surface area contributed by atoms with Crippen LogP contribution in [0.15, 0.2) is 97.1 Å².